The summed E-state index contributed by atoms with van der Waals surface area (Å²) < 4.78 is 30.8. The fraction of sp³-hybridized carbons (Fsp3) is 0. The van der Waals surface area contributed by atoms with E-state index in [1.165, 1.54) is 18.4 Å². The standard InChI is InChI=1S/C10H7F2NO/c11-6-1-2-7(8(12)5-6)10-9(13)3-4-14-10/h1-5H,13H2. The Labute approximate surface area is 79.0 Å². The maximum absolute atomic E-state index is 13.2. The number of nitrogen functional groups attached to an aromatic ring is 1. The first-order valence-electron chi connectivity index (χ1n) is 3.97. The molecule has 72 valence electrons. The van der Waals surface area contributed by atoms with Gasteiger partial charge < -0.3 is 10.2 Å². The molecule has 2 aromatic rings. The number of hydrogen-bond donors (Lipinski definition) is 1. The molecule has 0 spiro atoms. The first kappa shape index (κ1) is 8.74. The zero-order chi connectivity index (χ0) is 10.1. The van der Waals surface area contributed by atoms with Crippen LogP contribution >= 0.6 is 0 Å². The Hall–Kier alpha value is -1.84. The number of anilines is 1. The Morgan fingerprint density at radius 3 is 2.50 bits per heavy atom. The van der Waals surface area contributed by atoms with Crippen molar-refractivity contribution < 1.29 is 13.2 Å². The van der Waals surface area contributed by atoms with Crippen LogP contribution in [0.2, 0.25) is 0 Å². The summed E-state index contributed by atoms with van der Waals surface area (Å²) in [7, 11) is 0. The minimum atomic E-state index is -0.688. The van der Waals surface area contributed by atoms with Crippen molar-refractivity contribution in [3.05, 3.63) is 42.2 Å². The van der Waals surface area contributed by atoms with Gasteiger partial charge in [-0.05, 0) is 12.1 Å². The molecule has 2 rings (SSSR count). The number of furan rings is 1. The summed E-state index contributed by atoms with van der Waals surface area (Å²) in [5.74, 6) is -1.09. The largest absolute Gasteiger partial charge is 0.462 e. The number of hydrogen-bond acceptors (Lipinski definition) is 2. The topological polar surface area (TPSA) is 39.2 Å². The molecule has 2 nitrogen and oxygen atoms in total. The van der Waals surface area contributed by atoms with E-state index >= 15 is 0 Å². The molecule has 0 unspecified atom stereocenters. The van der Waals surface area contributed by atoms with Gasteiger partial charge in [-0.25, -0.2) is 8.78 Å². The second-order valence-electron chi connectivity index (χ2n) is 2.83. The minimum absolute atomic E-state index is 0.161. The van der Waals surface area contributed by atoms with E-state index in [1.54, 1.807) is 0 Å². The smallest absolute Gasteiger partial charge is 0.159 e. The molecule has 0 atom stereocenters. The van der Waals surface area contributed by atoms with E-state index in [0.29, 0.717) is 5.69 Å². The lowest BCUT2D eigenvalue weighted by atomic mass is 10.1. The summed E-state index contributed by atoms with van der Waals surface area (Å²) in [6.45, 7) is 0. The maximum Gasteiger partial charge on any atom is 0.159 e. The SMILES string of the molecule is Nc1ccoc1-c1ccc(F)cc1F. The van der Waals surface area contributed by atoms with E-state index in [4.69, 9.17) is 10.2 Å². The highest BCUT2D eigenvalue weighted by atomic mass is 19.1. The van der Waals surface area contributed by atoms with Crippen molar-refractivity contribution in [2.24, 2.45) is 0 Å². The van der Waals surface area contributed by atoms with Gasteiger partial charge in [-0.3, -0.25) is 0 Å². The molecule has 1 aromatic heterocycles. The van der Waals surface area contributed by atoms with Gasteiger partial charge in [0, 0.05) is 12.1 Å². The third-order valence-corrected chi connectivity index (χ3v) is 1.87. The number of benzene rings is 1. The molecule has 0 aliphatic heterocycles. The van der Waals surface area contributed by atoms with Crippen molar-refractivity contribution in [2.45, 2.75) is 0 Å². The van der Waals surface area contributed by atoms with Crippen LogP contribution in [0.4, 0.5) is 14.5 Å². The fourth-order valence-corrected chi connectivity index (χ4v) is 1.21. The van der Waals surface area contributed by atoms with Crippen molar-refractivity contribution in [1.82, 2.24) is 0 Å². The van der Waals surface area contributed by atoms with Crippen LogP contribution in [0.15, 0.2) is 34.9 Å². The van der Waals surface area contributed by atoms with E-state index in [9.17, 15) is 8.78 Å². The van der Waals surface area contributed by atoms with E-state index in [1.807, 2.05) is 0 Å². The molecular weight excluding hydrogens is 188 g/mol. The molecule has 1 heterocycles. The second-order valence-corrected chi connectivity index (χ2v) is 2.83. The molecule has 2 N–H and O–H groups in total. The third kappa shape index (κ3) is 1.35. The van der Waals surface area contributed by atoms with Crippen molar-refractivity contribution in [3.8, 4) is 11.3 Å². The average Bonchev–Trinajstić information content (AvgIpc) is 2.52. The predicted molar refractivity (Wildman–Crippen MR) is 48.5 cm³/mol. The van der Waals surface area contributed by atoms with Gasteiger partial charge in [0.25, 0.3) is 0 Å². The highest BCUT2D eigenvalue weighted by Gasteiger charge is 2.11. The summed E-state index contributed by atoms with van der Waals surface area (Å²) in [6, 6.07) is 4.75. The lowest BCUT2D eigenvalue weighted by molar-refractivity contribution is 0.560. The molecule has 0 amide bonds. The van der Waals surface area contributed by atoms with Gasteiger partial charge in [-0.1, -0.05) is 0 Å². The zero-order valence-electron chi connectivity index (χ0n) is 7.13. The molecule has 0 saturated carbocycles. The van der Waals surface area contributed by atoms with Crippen molar-refractivity contribution in [1.29, 1.82) is 0 Å². The number of halogens is 2. The summed E-state index contributed by atoms with van der Waals surface area (Å²) in [4.78, 5) is 0. The zero-order valence-corrected chi connectivity index (χ0v) is 7.13. The molecule has 14 heavy (non-hydrogen) atoms. The minimum Gasteiger partial charge on any atom is -0.462 e. The summed E-state index contributed by atoms with van der Waals surface area (Å²) in [5, 5.41) is 0. The van der Waals surface area contributed by atoms with Crippen LogP contribution in [-0.2, 0) is 0 Å². The van der Waals surface area contributed by atoms with Gasteiger partial charge in [0.05, 0.1) is 17.5 Å². The van der Waals surface area contributed by atoms with E-state index < -0.39 is 11.6 Å². The van der Waals surface area contributed by atoms with Crippen LogP contribution in [0.1, 0.15) is 0 Å². The molecule has 1 aromatic carbocycles. The number of nitrogens with two attached hydrogens (primary N) is 1. The van der Waals surface area contributed by atoms with Gasteiger partial charge in [-0.15, -0.1) is 0 Å². The summed E-state index contributed by atoms with van der Waals surface area (Å²) in [6.07, 6.45) is 1.35. The van der Waals surface area contributed by atoms with Crippen LogP contribution in [0.3, 0.4) is 0 Å². The molecule has 0 fully saturated rings. The summed E-state index contributed by atoms with van der Waals surface area (Å²) in [5.41, 5.74) is 6.02. The van der Waals surface area contributed by atoms with Crippen LogP contribution < -0.4 is 5.73 Å². The monoisotopic (exact) mass is 195 g/mol. The normalized spacial score (nSPS) is 10.4. The van der Waals surface area contributed by atoms with E-state index in [-0.39, 0.29) is 11.3 Å². The van der Waals surface area contributed by atoms with Gasteiger partial charge in [0.1, 0.15) is 11.6 Å². The van der Waals surface area contributed by atoms with Crippen LogP contribution in [0.25, 0.3) is 11.3 Å². The quantitative estimate of drug-likeness (QED) is 0.759. The lowest BCUT2D eigenvalue weighted by Gasteiger charge is -2.00. The second kappa shape index (κ2) is 3.14. The molecule has 0 saturated heterocycles. The van der Waals surface area contributed by atoms with Crippen LogP contribution in [0, 0.1) is 11.6 Å². The van der Waals surface area contributed by atoms with Gasteiger partial charge in [-0.2, -0.15) is 0 Å². The van der Waals surface area contributed by atoms with Crippen LogP contribution in [0.5, 0.6) is 0 Å². The van der Waals surface area contributed by atoms with E-state index in [0.717, 1.165) is 12.1 Å². The molecule has 0 bridgehead atoms. The Morgan fingerprint density at radius 1 is 1.14 bits per heavy atom. The number of rotatable bonds is 1. The fourth-order valence-electron chi connectivity index (χ4n) is 1.21. The predicted octanol–water partition coefficient (Wildman–Crippen LogP) is 2.81. The van der Waals surface area contributed by atoms with Crippen molar-refractivity contribution in [2.75, 3.05) is 5.73 Å². The van der Waals surface area contributed by atoms with E-state index in [2.05, 4.69) is 0 Å². The molecule has 0 radical (unpaired) electrons. The maximum atomic E-state index is 13.2. The van der Waals surface area contributed by atoms with Crippen LogP contribution in [-0.4, -0.2) is 0 Å². The summed E-state index contributed by atoms with van der Waals surface area (Å²) >= 11 is 0. The molecular formula is C10H7F2NO. The van der Waals surface area contributed by atoms with Gasteiger partial charge in [0.2, 0.25) is 0 Å². The van der Waals surface area contributed by atoms with Gasteiger partial charge >= 0.3 is 0 Å². The Balaban J connectivity index is 2.58. The molecule has 0 aliphatic rings. The molecule has 4 heteroatoms. The highest BCUT2D eigenvalue weighted by Crippen LogP contribution is 2.29. The highest BCUT2D eigenvalue weighted by molar-refractivity contribution is 5.71. The Bertz CT molecular complexity index is 465. The van der Waals surface area contributed by atoms with Gasteiger partial charge in [0.15, 0.2) is 5.76 Å². The lowest BCUT2D eigenvalue weighted by Crippen LogP contribution is -1.89. The Kier molecular flexibility index (Phi) is 1.96. The first-order chi connectivity index (χ1) is 6.68. The molecule has 0 aliphatic carbocycles. The third-order valence-electron chi connectivity index (χ3n) is 1.87. The van der Waals surface area contributed by atoms with Crippen molar-refractivity contribution in [3.63, 3.8) is 0 Å². The van der Waals surface area contributed by atoms with Crippen molar-refractivity contribution >= 4 is 5.69 Å². The Morgan fingerprint density at radius 2 is 1.93 bits per heavy atom. The first-order valence-corrected chi connectivity index (χ1v) is 3.97. The average molecular weight is 195 g/mol.